The van der Waals surface area contributed by atoms with Crippen LogP contribution >= 0.6 is 27.5 Å². The van der Waals surface area contributed by atoms with Gasteiger partial charge in [-0.15, -0.1) is 0 Å². The van der Waals surface area contributed by atoms with Gasteiger partial charge in [0.1, 0.15) is 18.3 Å². The van der Waals surface area contributed by atoms with Crippen LogP contribution in [-0.4, -0.2) is 57.6 Å². The van der Waals surface area contributed by atoms with E-state index in [1.54, 1.807) is 0 Å². The van der Waals surface area contributed by atoms with Crippen molar-refractivity contribution in [1.82, 2.24) is 10.2 Å². The molecule has 1 unspecified atom stereocenters. The number of rotatable bonds is 13. The lowest BCUT2D eigenvalue weighted by atomic mass is 10.0. The summed E-state index contributed by atoms with van der Waals surface area (Å²) in [7, 11) is -2.46. The number of anilines is 1. The Kier molecular flexibility index (Phi) is 11.6. The van der Waals surface area contributed by atoms with Crippen LogP contribution in [0.4, 0.5) is 5.69 Å². The van der Waals surface area contributed by atoms with E-state index in [0.717, 1.165) is 26.2 Å². The summed E-state index contributed by atoms with van der Waals surface area (Å²) in [6.45, 7) is 3.97. The van der Waals surface area contributed by atoms with Gasteiger partial charge in [-0.2, -0.15) is 0 Å². The van der Waals surface area contributed by atoms with Gasteiger partial charge in [0.2, 0.25) is 21.8 Å². The van der Waals surface area contributed by atoms with Gasteiger partial charge in [-0.05, 0) is 47.4 Å². The molecule has 0 aliphatic rings. The number of benzene rings is 3. The number of nitrogens with zero attached hydrogens (tertiary/aromatic N) is 2. The zero-order valence-corrected chi connectivity index (χ0v) is 26.7. The van der Waals surface area contributed by atoms with Crippen molar-refractivity contribution < 1.29 is 22.7 Å². The van der Waals surface area contributed by atoms with Crippen LogP contribution in [-0.2, 0) is 32.6 Å². The Balaban J connectivity index is 2.06. The minimum absolute atomic E-state index is 0.0891. The van der Waals surface area contributed by atoms with Gasteiger partial charge in [-0.1, -0.05) is 83.8 Å². The molecule has 1 atom stereocenters. The minimum Gasteiger partial charge on any atom is -0.495 e. The smallest absolute Gasteiger partial charge is 0.244 e. The topological polar surface area (TPSA) is 96.0 Å². The van der Waals surface area contributed by atoms with Gasteiger partial charge in [-0.3, -0.25) is 13.9 Å². The maximum atomic E-state index is 14.1. The van der Waals surface area contributed by atoms with Crippen LogP contribution < -0.4 is 14.4 Å². The van der Waals surface area contributed by atoms with Crippen LogP contribution in [0.25, 0.3) is 0 Å². The van der Waals surface area contributed by atoms with Crippen molar-refractivity contribution in [3.8, 4) is 5.75 Å². The Bertz CT molecular complexity index is 1450. The third kappa shape index (κ3) is 9.48. The fraction of sp³-hybridized carbons (Fsp3) is 0.333. The van der Waals surface area contributed by atoms with Gasteiger partial charge >= 0.3 is 0 Å². The molecule has 0 heterocycles. The Morgan fingerprint density at radius 1 is 1.00 bits per heavy atom. The molecule has 0 spiro atoms. The average molecular weight is 665 g/mol. The highest BCUT2D eigenvalue weighted by molar-refractivity contribution is 9.10. The van der Waals surface area contributed by atoms with E-state index in [0.29, 0.717) is 12.3 Å². The number of sulfonamides is 1. The number of methoxy groups -OCH3 is 1. The molecular weight excluding hydrogens is 630 g/mol. The zero-order chi connectivity index (χ0) is 30.2. The summed E-state index contributed by atoms with van der Waals surface area (Å²) in [5.41, 5.74) is 1.85. The van der Waals surface area contributed by atoms with Crippen molar-refractivity contribution in [2.24, 2.45) is 5.92 Å². The number of carbonyl (C=O) groups is 2. The fourth-order valence-corrected chi connectivity index (χ4v) is 5.77. The molecule has 3 aromatic carbocycles. The predicted molar refractivity (Wildman–Crippen MR) is 167 cm³/mol. The average Bonchev–Trinajstić information content (AvgIpc) is 2.92. The van der Waals surface area contributed by atoms with E-state index in [2.05, 4.69) is 21.2 Å². The highest BCUT2D eigenvalue weighted by Gasteiger charge is 2.33. The van der Waals surface area contributed by atoms with Crippen molar-refractivity contribution in [3.63, 3.8) is 0 Å². The van der Waals surface area contributed by atoms with E-state index < -0.39 is 28.5 Å². The van der Waals surface area contributed by atoms with Crippen molar-refractivity contribution in [3.05, 3.63) is 93.4 Å². The number of amides is 2. The van der Waals surface area contributed by atoms with Crippen LogP contribution in [0.5, 0.6) is 5.75 Å². The first-order chi connectivity index (χ1) is 19.4. The number of hydrogen-bond donors (Lipinski definition) is 1. The number of nitrogens with one attached hydrogen (secondary N) is 1. The van der Waals surface area contributed by atoms with Crippen molar-refractivity contribution in [2.45, 2.75) is 32.9 Å². The lowest BCUT2D eigenvalue weighted by molar-refractivity contribution is -0.140. The molecule has 11 heteroatoms. The predicted octanol–water partition coefficient (Wildman–Crippen LogP) is 5.29. The monoisotopic (exact) mass is 663 g/mol. The molecule has 220 valence electrons. The molecule has 41 heavy (non-hydrogen) atoms. The summed E-state index contributed by atoms with van der Waals surface area (Å²) < 4.78 is 32.8. The summed E-state index contributed by atoms with van der Waals surface area (Å²) in [4.78, 5) is 29.2. The van der Waals surface area contributed by atoms with Crippen molar-refractivity contribution in [2.75, 3.05) is 30.8 Å². The number of ether oxygens (including phenoxy) is 1. The molecule has 3 aromatic rings. The summed E-state index contributed by atoms with van der Waals surface area (Å²) in [5.74, 6) is -0.283. The second-order valence-corrected chi connectivity index (χ2v) is 13.3. The molecule has 0 radical (unpaired) electrons. The fourth-order valence-electron chi connectivity index (χ4n) is 4.23. The Hall–Kier alpha value is -3.08. The molecule has 0 saturated carbocycles. The van der Waals surface area contributed by atoms with Crippen LogP contribution in [0.2, 0.25) is 5.02 Å². The second kappa shape index (κ2) is 14.7. The maximum Gasteiger partial charge on any atom is 0.244 e. The highest BCUT2D eigenvalue weighted by Crippen LogP contribution is 2.30. The Morgan fingerprint density at radius 2 is 1.68 bits per heavy atom. The second-order valence-electron chi connectivity index (χ2n) is 10.1. The normalized spacial score (nSPS) is 12.1. The standard InChI is InChI=1S/C30H35BrClN3O5S/c1-21(2)18-33-30(37)27(16-22-9-6-5-7-10-22)34(19-23-11-8-12-24(31)15-23)29(36)20-35(41(4,38)39)25-13-14-28(40-3)26(32)17-25/h5-15,17,21,27H,16,18-20H2,1-4H3,(H,33,37). The van der Waals surface area contributed by atoms with Gasteiger partial charge < -0.3 is 15.0 Å². The quantitative estimate of drug-likeness (QED) is 0.268. The van der Waals surface area contributed by atoms with E-state index in [1.807, 2.05) is 68.4 Å². The first kappa shape index (κ1) is 32.4. The summed E-state index contributed by atoms with van der Waals surface area (Å²) in [6.07, 6.45) is 1.27. The molecule has 1 N–H and O–H groups in total. The number of halogens is 2. The largest absolute Gasteiger partial charge is 0.495 e. The molecule has 0 aliphatic heterocycles. The SMILES string of the molecule is COc1ccc(N(CC(=O)N(Cc2cccc(Br)c2)C(Cc2ccccc2)C(=O)NCC(C)C)S(C)(=O)=O)cc1Cl. The molecular formula is C30H35BrClN3O5S. The van der Waals surface area contributed by atoms with E-state index in [-0.39, 0.29) is 35.5 Å². The molecule has 0 aromatic heterocycles. The summed E-state index contributed by atoms with van der Waals surface area (Å²) in [6, 6.07) is 20.4. The van der Waals surface area contributed by atoms with Crippen molar-refractivity contribution >= 4 is 55.1 Å². The zero-order valence-electron chi connectivity index (χ0n) is 23.5. The Labute approximate surface area is 255 Å². The molecule has 0 saturated heterocycles. The number of carbonyl (C=O) groups excluding carboxylic acids is 2. The van der Waals surface area contributed by atoms with Gasteiger partial charge in [-0.25, -0.2) is 8.42 Å². The van der Waals surface area contributed by atoms with Crippen LogP contribution in [0.3, 0.4) is 0 Å². The maximum absolute atomic E-state index is 14.1. The van der Waals surface area contributed by atoms with Crippen LogP contribution in [0.1, 0.15) is 25.0 Å². The lowest BCUT2D eigenvalue weighted by Gasteiger charge is -2.33. The minimum atomic E-state index is -3.91. The Morgan fingerprint density at radius 3 is 2.27 bits per heavy atom. The summed E-state index contributed by atoms with van der Waals surface area (Å²) in [5, 5.41) is 3.17. The summed E-state index contributed by atoms with van der Waals surface area (Å²) >= 11 is 9.76. The van der Waals surface area contributed by atoms with Crippen LogP contribution in [0, 0.1) is 5.92 Å². The molecule has 3 rings (SSSR count). The van der Waals surface area contributed by atoms with E-state index >= 15 is 0 Å². The molecule has 2 amide bonds. The molecule has 0 fully saturated rings. The van der Waals surface area contributed by atoms with E-state index in [4.69, 9.17) is 16.3 Å². The lowest BCUT2D eigenvalue weighted by Crippen LogP contribution is -2.53. The molecule has 0 bridgehead atoms. The van der Waals surface area contributed by atoms with Gasteiger partial charge in [0.05, 0.1) is 24.1 Å². The van der Waals surface area contributed by atoms with E-state index in [9.17, 15) is 18.0 Å². The van der Waals surface area contributed by atoms with Gasteiger partial charge in [0.25, 0.3) is 0 Å². The third-order valence-electron chi connectivity index (χ3n) is 6.30. The number of hydrogen-bond acceptors (Lipinski definition) is 5. The van der Waals surface area contributed by atoms with Gasteiger partial charge in [0.15, 0.2) is 0 Å². The van der Waals surface area contributed by atoms with Crippen LogP contribution in [0.15, 0.2) is 77.3 Å². The van der Waals surface area contributed by atoms with E-state index in [1.165, 1.54) is 30.2 Å². The van der Waals surface area contributed by atoms with Crippen molar-refractivity contribution in [1.29, 1.82) is 0 Å². The first-order valence-electron chi connectivity index (χ1n) is 13.1. The molecule has 0 aliphatic carbocycles. The van der Waals surface area contributed by atoms with Gasteiger partial charge in [0, 0.05) is 24.0 Å². The third-order valence-corrected chi connectivity index (χ3v) is 8.23. The molecule has 8 nitrogen and oxygen atoms in total. The first-order valence-corrected chi connectivity index (χ1v) is 16.1. The highest BCUT2D eigenvalue weighted by atomic mass is 79.9.